The zero-order valence-electron chi connectivity index (χ0n) is 15.5. The number of rotatable bonds is 4. The van der Waals surface area contributed by atoms with Gasteiger partial charge < -0.3 is 0 Å². The van der Waals surface area contributed by atoms with Crippen LogP contribution in [-0.2, 0) is 22.4 Å². The van der Waals surface area contributed by atoms with Gasteiger partial charge in [0, 0.05) is 4.92 Å². The molecule has 29 heavy (non-hydrogen) atoms. The smallest absolute Gasteiger partial charge is 0.270 e. The van der Waals surface area contributed by atoms with Crippen molar-refractivity contribution in [3.63, 3.8) is 0 Å². The molecule has 0 N–H and O–H groups in total. The first-order valence-electron chi connectivity index (χ1n) is 8.81. The Morgan fingerprint density at radius 1 is 0.655 bits per heavy atom. The van der Waals surface area contributed by atoms with E-state index in [1.165, 1.54) is 28.0 Å². The van der Waals surface area contributed by atoms with Crippen LogP contribution in [0.3, 0.4) is 0 Å². The molecule has 0 aromatic heterocycles. The van der Waals surface area contributed by atoms with Crippen LogP contribution < -0.4 is 15.9 Å². The Kier molecular flexibility index (Phi) is 9.49. The van der Waals surface area contributed by atoms with Crippen LogP contribution in [0.15, 0.2) is 115 Å². The molecule has 4 rings (SSSR count). The topological polar surface area (TPSA) is 43.1 Å². The molecule has 0 atom stereocenters. The summed E-state index contributed by atoms with van der Waals surface area (Å²) < 4.78 is 0. The SMILES string of the molecule is O=[N+]([O-])c1c[c-]ccc1.[Au+].c1ccc(P(c2ccccc2)c2ccccc2)cc1. The predicted octanol–water partition coefficient (Wildman–Crippen LogP) is 4.84. The molecule has 0 amide bonds. The quantitative estimate of drug-likeness (QED) is 0.114. The van der Waals surface area contributed by atoms with E-state index >= 15 is 0 Å². The summed E-state index contributed by atoms with van der Waals surface area (Å²) in [6.07, 6.45) is 0. The molecule has 0 aliphatic rings. The van der Waals surface area contributed by atoms with E-state index < -0.39 is 12.8 Å². The second kappa shape index (κ2) is 12.1. The second-order valence-electron chi connectivity index (χ2n) is 5.86. The van der Waals surface area contributed by atoms with Gasteiger partial charge in [-0.25, -0.2) is 0 Å². The zero-order valence-corrected chi connectivity index (χ0v) is 18.5. The average molecular weight is 581 g/mol. The molecule has 0 spiro atoms. The largest absolute Gasteiger partial charge is 1.00 e. The Balaban J connectivity index is 0.000000255. The molecule has 4 aromatic carbocycles. The molecule has 4 aromatic rings. The van der Waals surface area contributed by atoms with E-state index in [2.05, 4.69) is 97.1 Å². The number of hydrogen-bond acceptors (Lipinski definition) is 2. The fourth-order valence-corrected chi connectivity index (χ4v) is 4.98. The maximum absolute atomic E-state index is 9.99. The summed E-state index contributed by atoms with van der Waals surface area (Å²) >= 11 is 0. The van der Waals surface area contributed by atoms with Gasteiger partial charge in [-0.2, -0.15) is 18.2 Å². The maximum atomic E-state index is 9.99. The molecule has 0 saturated heterocycles. The van der Waals surface area contributed by atoms with Crippen molar-refractivity contribution in [2.75, 3.05) is 0 Å². The normalized spacial score (nSPS) is 9.69. The van der Waals surface area contributed by atoms with Gasteiger partial charge in [-0.05, 0) is 23.8 Å². The Bertz CT molecular complexity index is 890. The van der Waals surface area contributed by atoms with Crippen molar-refractivity contribution < 1.29 is 27.3 Å². The minimum atomic E-state index is -0.448. The van der Waals surface area contributed by atoms with Crippen LogP contribution in [0.2, 0.25) is 0 Å². The van der Waals surface area contributed by atoms with Crippen LogP contribution in [0.4, 0.5) is 5.69 Å². The van der Waals surface area contributed by atoms with Gasteiger partial charge in [0.2, 0.25) is 0 Å². The van der Waals surface area contributed by atoms with E-state index in [4.69, 9.17) is 0 Å². The summed E-state index contributed by atoms with van der Waals surface area (Å²) in [5, 5.41) is 14.2. The molecule has 0 radical (unpaired) electrons. The second-order valence-corrected chi connectivity index (χ2v) is 8.08. The molecule has 5 heteroatoms. The first-order valence-corrected chi connectivity index (χ1v) is 10.2. The number of benzene rings is 4. The van der Waals surface area contributed by atoms with Gasteiger partial charge in [-0.1, -0.05) is 97.1 Å². The van der Waals surface area contributed by atoms with Crippen LogP contribution in [-0.4, -0.2) is 4.92 Å². The van der Waals surface area contributed by atoms with Crippen LogP contribution in [0, 0.1) is 16.2 Å². The summed E-state index contributed by atoms with van der Waals surface area (Å²) in [5.41, 5.74) is 0.0810. The van der Waals surface area contributed by atoms with Crippen LogP contribution in [0.5, 0.6) is 0 Å². The summed E-state index contributed by atoms with van der Waals surface area (Å²) in [7, 11) is -0.446. The Morgan fingerprint density at radius 3 is 1.34 bits per heavy atom. The van der Waals surface area contributed by atoms with Crippen molar-refractivity contribution >= 4 is 29.5 Å². The van der Waals surface area contributed by atoms with E-state index in [-0.39, 0.29) is 28.1 Å². The molecule has 0 saturated carbocycles. The molecular formula is C24H19AuNO2P. The van der Waals surface area contributed by atoms with E-state index in [1.807, 2.05) is 0 Å². The molecule has 3 nitrogen and oxygen atoms in total. The minimum absolute atomic E-state index is 0. The maximum Gasteiger partial charge on any atom is 1.00 e. The van der Waals surface area contributed by atoms with Gasteiger partial charge >= 0.3 is 22.4 Å². The molecule has 0 aliphatic heterocycles. The van der Waals surface area contributed by atoms with Crippen molar-refractivity contribution in [3.05, 3.63) is 131 Å². The average Bonchev–Trinajstić information content (AvgIpc) is 2.77. The number of hydrogen-bond donors (Lipinski definition) is 0. The number of nitrogens with zero attached hydrogens (tertiary/aromatic N) is 1. The summed E-state index contributed by atoms with van der Waals surface area (Å²) in [5.74, 6) is 0. The van der Waals surface area contributed by atoms with Crippen molar-refractivity contribution in [2.24, 2.45) is 0 Å². The van der Waals surface area contributed by atoms with Crippen molar-refractivity contribution in [3.8, 4) is 0 Å². The predicted molar refractivity (Wildman–Crippen MR) is 117 cm³/mol. The van der Waals surface area contributed by atoms with Gasteiger partial charge in [-0.15, -0.1) is 6.07 Å². The van der Waals surface area contributed by atoms with Crippen molar-refractivity contribution in [1.82, 2.24) is 0 Å². The van der Waals surface area contributed by atoms with Gasteiger partial charge in [-0.3, -0.25) is 10.1 Å². The number of nitro groups is 1. The van der Waals surface area contributed by atoms with Gasteiger partial charge in [0.1, 0.15) is 0 Å². The Hall–Kier alpha value is -2.55. The van der Waals surface area contributed by atoms with Gasteiger partial charge in [0.15, 0.2) is 5.69 Å². The third-order valence-electron chi connectivity index (χ3n) is 3.94. The monoisotopic (exact) mass is 581 g/mol. The third kappa shape index (κ3) is 6.78. The molecule has 148 valence electrons. The van der Waals surface area contributed by atoms with Crippen molar-refractivity contribution in [2.45, 2.75) is 0 Å². The summed E-state index contributed by atoms with van der Waals surface area (Å²) in [6.45, 7) is 0. The molecule has 0 bridgehead atoms. The first-order chi connectivity index (χ1) is 13.8. The Labute approximate surface area is 187 Å². The minimum Gasteiger partial charge on any atom is -0.270 e. The zero-order chi connectivity index (χ0) is 19.6. The molecule has 0 heterocycles. The van der Waals surface area contributed by atoms with Gasteiger partial charge in [0.25, 0.3) is 0 Å². The number of nitro benzene ring substituents is 1. The summed E-state index contributed by atoms with van der Waals surface area (Å²) in [6, 6.07) is 40.9. The van der Waals surface area contributed by atoms with E-state index in [0.717, 1.165) is 0 Å². The molecular weight excluding hydrogens is 562 g/mol. The fraction of sp³-hybridized carbons (Fsp3) is 0. The third-order valence-corrected chi connectivity index (χ3v) is 6.39. The van der Waals surface area contributed by atoms with E-state index in [0.29, 0.717) is 0 Å². The summed E-state index contributed by atoms with van der Waals surface area (Å²) in [4.78, 5) is 9.54. The van der Waals surface area contributed by atoms with Crippen LogP contribution >= 0.6 is 7.92 Å². The molecule has 0 fully saturated rings. The van der Waals surface area contributed by atoms with E-state index in [9.17, 15) is 10.1 Å². The molecule has 0 aliphatic carbocycles. The van der Waals surface area contributed by atoms with E-state index in [1.54, 1.807) is 12.1 Å². The Morgan fingerprint density at radius 2 is 1.07 bits per heavy atom. The van der Waals surface area contributed by atoms with Crippen LogP contribution in [0.1, 0.15) is 0 Å². The molecule has 0 unspecified atom stereocenters. The van der Waals surface area contributed by atoms with Gasteiger partial charge in [0.05, 0.1) is 0 Å². The van der Waals surface area contributed by atoms with Crippen molar-refractivity contribution in [1.29, 1.82) is 0 Å². The number of non-ortho nitro benzene ring substituents is 1. The fourth-order valence-electron chi connectivity index (χ4n) is 2.68. The standard InChI is InChI=1S/C18H15P.C6H4NO2.Au/c1-4-10-16(11-5-1)19(17-12-6-2-7-13-17)18-14-8-3-9-15-18;8-7(9)6-4-2-1-3-5-6;/h1-15H;1-2,4-5H;/q;-1;+1. The van der Waals surface area contributed by atoms with Crippen LogP contribution in [0.25, 0.3) is 0 Å². The first kappa shape index (κ1) is 22.7.